The molecular weight excluding hydrogens is 210 g/mol. The highest BCUT2D eigenvalue weighted by molar-refractivity contribution is 6.05. The molecule has 2 heteroatoms. The molecule has 0 radical (unpaired) electrons. The van der Waals surface area contributed by atoms with Crippen LogP contribution >= 0.6 is 0 Å². The van der Waals surface area contributed by atoms with Crippen molar-refractivity contribution in [1.29, 1.82) is 0 Å². The van der Waals surface area contributed by atoms with Crippen LogP contribution < -0.4 is 4.74 Å². The van der Waals surface area contributed by atoms with Gasteiger partial charge in [-0.15, -0.1) is 0 Å². The highest BCUT2D eigenvalue weighted by Crippen LogP contribution is 2.35. The maximum Gasteiger partial charge on any atom is 0.122 e. The van der Waals surface area contributed by atoms with E-state index >= 15 is 0 Å². The fourth-order valence-corrected chi connectivity index (χ4v) is 2.83. The molecule has 0 aromatic heterocycles. The molecule has 3 rings (SSSR count). The van der Waals surface area contributed by atoms with Gasteiger partial charge in [0.25, 0.3) is 0 Å². The zero-order valence-electron chi connectivity index (χ0n) is 10.6. The summed E-state index contributed by atoms with van der Waals surface area (Å²) in [5.74, 6) is 1.71. The number of benzene rings is 1. The molecule has 1 aliphatic carbocycles. The third kappa shape index (κ3) is 1.76. The van der Waals surface area contributed by atoms with E-state index in [0.717, 1.165) is 18.7 Å². The number of nitrogens with zero attached hydrogens (tertiary/aromatic N) is 1. The van der Waals surface area contributed by atoms with Gasteiger partial charge in [-0.05, 0) is 43.4 Å². The molecule has 1 fully saturated rings. The number of fused-ring (bicyclic) bond motifs is 1. The van der Waals surface area contributed by atoms with Crippen molar-refractivity contribution in [2.45, 2.75) is 32.6 Å². The van der Waals surface area contributed by atoms with Gasteiger partial charge in [0.15, 0.2) is 0 Å². The molecule has 90 valence electrons. The zero-order chi connectivity index (χ0) is 11.8. The maximum atomic E-state index is 5.44. The quantitative estimate of drug-likeness (QED) is 0.763. The molecule has 0 spiro atoms. The summed E-state index contributed by atoms with van der Waals surface area (Å²) in [5.41, 5.74) is 5.39. The topological polar surface area (TPSA) is 21.6 Å². The van der Waals surface area contributed by atoms with Crippen molar-refractivity contribution in [2.24, 2.45) is 10.9 Å². The highest BCUT2D eigenvalue weighted by Gasteiger charge is 2.28. The predicted octanol–water partition coefficient (Wildman–Crippen LogP) is 3.15. The first-order valence-electron chi connectivity index (χ1n) is 6.52. The number of aryl methyl sites for hydroxylation is 1. The van der Waals surface area contributed by atoms with E-state index in [9.17, 15) is 0 Å². The Morgan fingerprint density at radius 3 is 2.76 bits per heavy atom. The Hall–Kier alpha value is -1.31. The molecular formula is C15H19NO. The van der Waals surface area contributed by atoms with Crippen molar-refractivity contribution in [3.05, 3.63) is 28.8 Å². The number of methoxy groups -OCH3 is 1. The number of aliphatic imine (C=N–C) groups is 1. The van der Waals surface area contributed by atoms with E-state index in [-0.39, 0.29) is 0 Å². The van der Waals surface area contributed by atoms with Gasteiger partial charge >= 0.3 is 0 Å². The van der Waals surface area contributed by atoms with Crippen LogP contribution in [0.4, 0.5) is 0 Å². The van der Waals surface area contributed by atoms with E-state index in [2.05, 4.69) is 19.1 Å². The maximum absolute atomic E-state index is 5.44. The fourth-order valence-electron chi connectivity index (χ4n) is 2.83. The Balaban J connectivity index is 2.05. The lowest BCUT2D eigenvalue weighted by Crippen LogP contribution is -2.27. The minimum Gasteiger partial charge on any atom is -0.496 e. The number of ether oxygens (including phenoxy) is 1. The van der Waals surface area contributed by atoms with Crippen LogP contribution in [0.2, 0.25) is 0 Å². The Morgan fingerprint density at radius 1 is 1.29 bits per heavy atom. The minimum absolute atomic E-state index is 0.710. The number of hydrogen-bond donors (Lipinski definition) is 0. The molecule has 17 heavy (non-hydrogen) atoms. The van der Waals surface area contributed by atoms with E-state index < -0.39 is 0 Å². The van der Waals surface area contributed by atoms with Gasteiger partial charge in [-0.1, -0.05) is 12.5 Å². The van der Waals surface area contributed by atoms with Gasteiger partial charge in [0, 0.05) is 23.7 Å². The molecule has 1 heterocycles. The molecule has 2 aliphatic rings. The number of hydrogen-bond acceptors (Lipinski definition) is 2. The summed E-state index contributed by atoms with van der Waals surface area (Å²) in [6.45, 7) is 3.08. The second-order valence-electron chi connectivity index (χ2n) is 5.12. The van der Waals surface area contributed by atoms with Gasteiger partial charge < -0.3 is 4.74 Å². The standard InChI is InChI=1S/C15H19NO/c1-10-8-12-6-7-16-15(11-4-3-5-11)13(12)9-14(10)17-2/h8-9,11H,3-7H2,1-2H3. The van der Waals surface area contributed by atoms with E-state index in [1.54, 1.807) is 7.11 Å². The summed E-state index contributed by atoms with van der Waals surface area (Å²) in [6.07, 6.45) is 5.07. The van der Waals surface area contributed by atoms with Crippen molar-refractivity contribution in [3.63, 3.8) is 0 Å². The predicted molar refractivity (Wildman–Crippen MR) is 70.2 cm³/mol. The first-order chi connectivity index (χ1) is 8.29. The summed E-state index contributed by atoms with van der Waals surface area (Å²) < 4.78 is 5.44. The molecule has 2 nitrogen and oxygen atoms in total. The molecule has 0 saturated heterocycles. The fraction of sp³-hybridized carbons (Fsp3) is 0.533. The van der Waals surface area contributed by atoms with Crippen LogP contribution in [-0.4, -0.2) is 19.4 Å². The monoisotopic (exact) mass is 229 g/mol. The normalized spacial score (nSPS) is 19.3. The van der Waals surface area contributed by atoms with Crippen molar-refractivity contribution >= 4 is 5.71 Å². The van der Waals surface area contributed by atoms with E-state index in [0.29, 0.717) is 5.92 Å². The molecule has 0 atom stereocenters. The first kappa shape index (κ1) is 10.8. The lowest BCUT2D eigenvalue weighted by Gasteiger charge is -2.30. The SMILES string of the molecule is COc1cc2c(cc1C)CCN=C2C1CCC1. The summed E-state index contributed by atoms with van der Waals surface area (Å²) in [6, 6.07) is 4.47. The van der Waals surface area contributed by atoms with Crippen molar-refractivity contribution in [1.82, 2.24) is 0 Å². The van der Waals surface area contributed by atoms with Crippen LogP contribution in [0.1, 0.15) is 36.0 Å². The van der Waals surface area contributed by atoms with Gasteiger partial charge in [0.05, 0.1) is 7.11 Å². The van der Waals surface area contributed by atoms with Crippen LogP contribution in [0.5, 0.6) is 5.75 Å². The minimum atomic E-state index is 0.710. The third-order valence-electron chi connectivity index (χ3n) is 4.05. The van der Waals surface area contributed by atoms with E-state index in [1.165, 1.54) is 41.7 Å². The van der Waals surface area contributed by atoms with Crippen molar-refractivity contribution in [3.8, 4) is 5.75 Å². The lowest BCUT2D eigenvalue weighted by atomic mass is 9.77. The van der Waals surface area contributed by atoms with Crippen molar-refractivity contribution in [2.75, 3.05) is 13.7 Å². The molecule has 1 aromatic rings. The van der Waals surface area contributed by atoms with E-state index in [4.69, 9.17) is 9.73 Å². The molecule has 0 N–H and O–H groups in total. The second kappa shape index (κ2) is 4.17. The average molecular weight is 229 g/mol. The van der Waals surface area contributed by atoms with E-state index in [1.807, 2.05) is 0 Å². The van der Waals surface area contributed by atoms with Crippen LogP contribution in [0, 0.1) is 12.8 Å². The first-order valence-corrected chi connectivity index (χ1v) is 6.52. The van der Waals surface area contributed by atoms with Gasteiger partial charge in [0.2, 0.25) is 0 Å². The zero-order valence-corrected chi connectivity index (χ0v) is 10.6. The third-order valence-corrected chi connectivity index (χ3v) is 4.05. The summed E-state index contributed by atoms with van der Waals surface area (Å²) in [5, 5.41) is 0. The van der Waals surface area contributed by atoms with Crippen LogP contribution in [0.15, 0.2) is 17.1 Å². The summed E-state index contributed by atoms with van der Waals surface area (Å²) in [7, 11) is 1.75. The van der Waals surface area contributed by atoms with Crippen molar-refractivity contribution < 1.29 is 4.74 Å². The molecule has 1 aromatic carbocycles. The van der Waals surface area contributed by atoms with Crippen LogP contribution in [0.3, 0.4) is 0 Å². The van der Waals surface area contributed by atoms with Gasteiger partial charge in [-0.2, -0.15) is 0 Å². The Morgan fingerprint density at radius 2 is 2.12 bits per heavy atom. The van der Waals surface area contributed by atoms with Gasteiger partial charge in [-0.3, -0.25) is 4.99 Å². The Bertz CT molecular complexity index is 472. The molecule has 1 aliphatic heterocycles. The van der Waals surface area contributed by atoms with Crippen LogP contribution in [-0.2, 0) is 6.42 Å². The van der Waals surface area contributed by atoms with Crippen LogP contribution in [0.25, 0.3) is 0 Å². The molecule has 1 saturated carbocycles. The lowest BCUT2D eigenvalue weighted by molar-refractivity contribution is 0.407. The largest absolute Gasteiger partial charge is 0.496 e. The molecule has 0 amide bonds. The summed E-state index contributed by atoms with van der Waals surface area (Å²) in [4.78, 5) is 4.76. The Labute approximate surface area is 103 Å². The second-order valence-corrected chi connectivity index (χ2v) is 5.12. The molecule has 0 unspecified atom stereocenters. The van der Waals surface area contributed by atoms with Gasteiger partial charge in [0.1, 0.15) is 5.75 Å². The molecule has 0 bridgehead atoms. The smallest absolute Gasteiger partial charge is 0.122 e. The average Bonchev–Trinajstić information content (AvgIpc) is 2.26. The van der Waals surface area contributed by atoms with Gasteiger partial charge in [-0.25, -0.2) is 0 Å². The highest BCUT2D eigenvalue weighted by atomic mass is 16.5. The Kier molecular flexibility index (Phi) is 2.65. The number of rotatable bonds is 2. The summed E-state index contributed by atoms with van der Waals surface area (Å²) >= 11 is 0.